The smallest absolute Gasteiger partial charge is 0.123 e. The van der Waals surface area contributed by atoms with Crippen molar-refractivity contribution in [2.75, 3.05) is 0 Å². The number of aromatic nitrogens is 1. The lowest BCUT2D eigenvalue weighted by Gasteiger charge is -2.18. The van der Waals surface area contributed by atoms with Gasteiger partial charge in [-0.25, -0.2) is 4.39 Å². The molecule has 0 aliphatic heterocycles. The van der Waals surface area contributed by atoms with Crippen molar-refractivity contribution in [1.82, 2.24) is 10.4 Å². The second-order valence-electron chi connectivity index (χ2n) is 4.29. The zero-order chi connectivity index (χ0) is 13.0. The minimum atomic E-state index is -0.230. The van der Waals surface area contributed by atoms with Crippen LogP contribution in [0.1, 0.15) is 22.7 Å². The van der Waals surface area contributed by atoms with E-state index in [1.165, 1.54) is 12.1 Å². The summed E-state index contributed by atoms with van der Waals surface area (Å²) >= 11 is 0. The molecule has 3 nitrogen and oxygen atoms in total. The molecule has 1 atom stereocenters. The highest BCUT2D eigenvalue weighted by Crippen LogP contribution is 2.20. The number of pyridine rings is 1. The van der Waals surface area contributed by atoms with Gasteiger partial charge in [-0.3, -0.25) is 16.3 Å². The first-order chi connectivity index (χ1) is 8.70. The van der Waals surface area contributed by atoms with Crippen LogP contribution < -0.4 is 11.3 Å². The molecule has 1 aromatic heterocycles. The molecule has 0 radical (unpaired) electrons. The van der Waals surface area contributed by atoms with Gasteiger partial charge in [0.25, 0.3) is 0 Å². The van der Waals surface area contributed by atoms with E-state index in [1.54, 1.807) is 18.5 Å². The maximum Gasteiger partial charge on any atom is 0.123 e. The molecule has 0 amide bonds. The Bertz CT molecular complexity index is 528. The van der Waals surface area contributed by atoms with Gasteiger partial charge in [-0.05, 0) is 48.2 Å². The molecule has 0 fully saturated rings. The lowest BCUT2D eigenvalue weighted by molar-refractivity contribution is 0.544. The van der Waals surface area contributed by atoms with Crippen LogP contribution in [0.25, 0.3) is 0 Å². The molecule has 1 aromatic carbocycles. The van der Waals surface area contributed by atoms with Crippen molar-refractivity contribution < 1.29 is 4.39 Å². The second-order valence-corrected chi connectivity index (χ2v) is 4.29. The maximum absolute atomic E-state index is 13.1. The largest absolute Gasteiger partial charge is 0.271 e. The first kappa shape index (κ1) is 12.7. The topological polar surface area (TPSA) is 50.9 Å². The van der Waals surface area contributed by atoms with E-state index in [9.17, 15) is 4.39 Å². The van der Waals surface area contributed by atoms with E-state index in [0.717, 1.165) is 16.7 Å². The Hall–Kier alpha value is -1.78. The van der Waals surface area contributed by atoms with E-state index in [4.69, 9.17) is 5.84 Å². The fourth-order valence-electron chi connectivity index (χ4n) is 2.00. The predicted octanol–water partition coefficient (Wildman–Crippen LogP) is 2.28. The second kappa shape index (κ2) is 5.71. The third kappa shape index (κ3) is 2.91. The molecule has 18 heavy (non-hydrogen) atoms. The van der Waals surface area contributed by atoms with Gasteiger partial charge < -0.3 is 0 Å². The van der Waals surface area contributed by atoms with Crippen molar-refractivity contribution in [3.63, 3.8) is 0 Å². The molecule has 0 spiro atoms. The van der Waals surface area contributed by atoms with E-state index in [-0.39, 0.29) is 11.9 Å². The highest BCUT2D eigenvalue weighted by molar-refractivity contribution is 5.28. The van der Waals surface area contributed by atoms with E-state index >= 15 is 0 Å². The number of hydrogen-bond acceptors (Lipinski definition) is 3. The Morgan fingerprint density at radius 1 is 1.39 bits per heavy atom. The van der Waals surface area contributed by atoms with Gasteiger partial charge in [0.15, 0.2) is 0 Å². The number of rotatable bonds is 4. The summed E-state index contributed by atoms with van der Waals surface area (Å²) in [5.74, 6) is 5.36. The number of nitrogens with two attached hydrogens (primary N) is 1. The molecule has 0 bridgehead atoms. The summed E-state index contributed by atoms with van der Waals surface area (Å²) in [6.45, 7) is 2.01. The average Bonchev–Trinajstić information content (AvgIpc) is 2.37. The maximum atomic E-state index is 13.1. The van der Waals surface area contributed by atoms with Gasteiger partial charge in [0.2, 0.25) is 0 Å². The van der Waals surface area contributed by atoms with Crippen molar-refractivity contribution in [2.24, 2.45) is 5.84 Å². The van der Waals surface area contributed by atoms with Gasteiger partial charge in [-0.1, -0.05) is 12.1 Å². The molecular formula is C14H16FN3. The molecule has 1 unspecified atom stereocenters. The first-order valence-electron chi connectivity index (χ1n) is 5.82. The van der Waals surface area contributed by atoms with Crippen LogP contribution in [-0.2, 0) is 6.42 Å². The van der Waals surface area contributed by atoms with Gasteiger partial charge in [0, 0.05) is 12.4 Å². The quantitative estimate of drug-likeness (QED) is 0.642. The Labute approximate surface area is 106 Å². The van der Waals surface area contributed by atoms with Gasteiger partial charge >= 0.3 is 0 Å². The third-order valence-corrected chi connectivity index (χ3v) is 2.99. The van der Waals surface area contributed by atoms with Crippen LogP contribution in [0.2, 0.25) is 0 Å². The van der Waals surface area contributed by atoms with Crippen molar-refractivity contribution in [1.29, 1.82) is 0 Å². The van der Waals surface area contributed by atoms with Crippen LogP contribution in [-0.4, -0.2) is 4.98 Å². The number of nitrogens with one attached hydrogen (secondary N) is 1. The summed E-state index contributed by atoms with van der Waals surface area (Å²) in [6, 6.07) is 8.42. The van der Waals surface area contributed by atoms with Crippen molar-refractivity contribution >= 4 is 0 Å². The highest BCUT2D eigenvalue weighted by atomic mass is 19.1. The lowest BCUT2D eigenvalue weighted by Crippen LogP contribution is -2.30. The van der Waals surface area contributed by atoms with E-state index in [2.05, 4.69) is 10.4 Å². The molecule has 4 heteroatoms. The number of benzene rings is 1. The standard InChI is InChI=1S/C14H16FN3/c1-10-5-6-17-9-13(10)14(18-16)8-11-3-2-4-12(15)7-11/h2-7,9,14,18H,8,16H2,1H3. The van der Waals surface area contributed by atoms with Crippen LogP contribution in [0.4, 0.5) is 4.39 Å². The fraction of sp³-hybridized carbons (Fsp3) is 0.214. The zero-order valence-corrected chi connectivity index (χ0v) is 10.2. The molecular weight excluding hydrogens is 229 g/mol. The van der Waals surface area contributed by atoms with E-state index in [0.29, 0.717) is 6.42 Å². The van der Waals surface area contributed by atoms with Crippen LogP contribution >= 0.6 is 0 Å². The molecule has 0 saturated carbocycles. The molecule has 0 saturated heterocycles. The molecule has 2 aromatic rings. The molecule has 0 aliphatic carbocycles. The molecule has 2 rings (SSSR count). The lowest BCUT2D eigenvalue weighted by atomic mass is 9.97. The minimum Gasteiger partial charge on any atom is -0.271 e. The van der Waals surface area contributed by atoms with Gasteiger partial charge in [0.05, 0.1) is 6.04 Å². The van der Waals surface area contributed by atoms with Crippen LogP contribution in [0.3, 0.4) is 0 Å². The Morgan fingerprint density at radius 2 is 2.22 bits per heavy atom. The fourth-order valence-corrected chi connectivity index (χ4v) is 2.00. The molecule has 0 aliphatic rings. The van der Waals surface area contributed by atoms with Crippen molar-refractivity contribution in [2.45, 2.75) is 19.4 Å². The minimum absolute atomic E-state index is 0.0690. The van der Waals surface area contributed by atoms with Gasteiger partial charge in [-0.15, -0.1) is 0 Å². The first-order valence-corrected chi connectivity index (χ1v) is 5.82. The Kier molecular flexibility index (Phi) is 4.02. The summed E-state index contributed by atoms with van der Waals surface area (Å²) in [6.07, 6.45) is 4.16. The highest BCUT2D eigenvalue weighted by Gasteiger charge is 2.13. The normalized spacial score (nSPS) is 12.4. The van der Waals surface area contributed by atoms with Crippen LogP contribution in [0.5, 0.6) is 0 Å². The molecule has 1 heterocycles. The number of nitrogens with zero attached hydrogens (tertiary/aromatic N) is 1. The van der Waals surface area contributed by atoms with Crippen molar-refractivity contribution in [3.05, 3.63) is 65.2 Å². The number of hydrazine groups is 1. The zero-order valence-electron chi connectivity index (χ0n) is 10.2. The third-order valence-electron chi connectivity index (χ3n) is 2.99. The summed E-state index contributed by atoms with van der Waals surface area (Å²) in [5, 5.41) is 0. The monoisotopic (exact) mass is 245 g/mol. The number of aryl methyl sites for hydroxylation is 1. The summed E-state index contributed by atoms with van der Waals surface area (Å²) in [5.41, 5.74) is 5.82. The number of halogens is 1. The SMILES string of the molecule is Cc1ccncc1C(Cc1cccc(F)c1)NN. The Morgan fingerprint density at radius 3 is 2.89 bits per heavy atom. The Balaban J connectivity index is 2.23. The summed E-state index contributed by atoms with van der Waals surface area (Å²) in [4.78, 5) is 4.10. The van der Waals surface area contributed by atoms with Gasteiger partial charge in [-0.2, -0.15) is 0 Å². The summed E-state index contributed by atoms with van der Waals surface area (Å²) < 4.78 is 13.1. The summed E-state index contributed by atoms with van der Waals surface area (Å²) in [7, 11) is 0. The molecule has 94 valence electrons. The van der Waals surface area contributed by atoms with E-state index < -0.39 is 0 Å². The predicted molar refractivity (Wildman–Crippen MR) is 69.1 cm³/mol. The van der Waals surface area contributed by atoms with Crippen LogP contribution in [0, 0.1) is 12.7 Å². The average molecular weight is 245 g/mol. The van der Waals surface area contributed by atoms with Gasteiger partial charge in [0.1, 0.15) is 5.82 Å². The van der Waals surface area contributed by atoms with Crippen molar-refractivity contribution in [3.8, 4) is 0 Å². The van der Waals surface area contributed by atoms with Crippen LogP contribution in [0.15, 0.2) is 42.7 Å². The molecule has 3 N–H and O–H groups in total. The number of hydrogen-bond donors (Lipinski definition) is 2. The van der Waals surface area contributed by atoms with E-state index in [1.807, 2.05) is 19.1 Å².